The van der Waals surface area contributed by atoms with Crippen molar-refractivity contribution in [2.24, 2.45) is 4.99 Å². The number of H-pyrrole nitrogens is 1. The van der Waals surface area contributed by atoms with Crippen LogP contribution in [0.5, 0.6) is 0 Å². The Morgan fingerprint density at radius 2 is 1.14 bits per heavy atom. The average Bonchev–Trinajstić information content (AvgIpc) is 3.83. The van der Waals surface area contributed by atoms with Crippen molar-refractivity contribution in [2.75, 3.05) is 0 Å². The molecule has 7 aromatic carbocycles. The molecule has 0 saturated heterocycles. The molecule has 0 aliphatic carbocycles. The molecule has 1 aliphatic heterocycles. The number of nitrogens with zero attached hydrogens (tertiary/aromatic N) is 4. The Bertz CT molecular complexity index is 3000. The van der Waals surface area contributed by atoms with Crippen LogP contribution < -0.4 is 21.2 Å². The Hall–Kier alpha value is -6.77. The molecule has 0 radical (unpaired) electrons. The van der Waals surface area contributed by atoms with E-state index in [-0.39, 0.29) is 0 Å². The molecule has 2 aromatic heterocycles. The number of halogens is 1. The summed E-state index contributed by atoms with van der Waals surface area (Å²) in [5.41, 5.74) is 14.6. The minimum absolute atomic E-state index is 0.498. The van der Waals surface area contributed by atoms with Crippen LogP contribution in [0.15, 0.2) is 187 Å². The van der Waals surface area contributed by atoms with Gasteiger partial charge in [-0.1, -0.05) is 18.2 Å². The molecule has 1 aliphatic rings. The number of hydrogen-bond acceptors (Lipinski definition) is 4. The number of nitrogens with one attached hydrogen (secondary N) is 1. The summed E-state index contributed by atoms with van der Waals surface area (Å²) < 4.78 is 2.69. The quantitative estimate of drug-likeness (QED) is 0.123. The van der Waals surface area contributed by atoms with Gasteiger partial charge in [-0.2, -0.15) is 0 Å². The SMILES string of the molecule is C=C(N=C(c1ccccc1)c1[nH]c2ccccc2c1C)c1cccc2c1[I-]c1ccc(-c3nc(-c4ccccc4)nc(-c4cccc(-c5ccccc5)c4)n3)cc1-2. The van der Waals surface area contributed by atoms with Crippen molar-refractivity contribution in [2.45, 2.75) is 6.92 Å². The van der Waals surface area contributed by atoms with Gasteiger partial charge in [0, 0.05) is 0 Å². The van der Waals surface area contributed by atoms with Crippen molar-refractivity contribution in [1.82, 2.24) is 19.9 Å². The standard InChI is InChI=1S/C51H35IN5/c1-32-40-24-12-13-27-45(40)54-47(32)48(35-18-8-4-9-19-35)53-33(2)41-25-15-26-42-43-31-39(28-29-44(43)52-46(41)42)51-56-49(36-20-10-5-11-21-36)55-50(57-51)38-23-14-22-37(30-38)34-16-6-3-7-17-34/h3-31,54H,2H2,1H3/q-1. The summed E-state index contributed by atoms with van der Waals surface area (Å²) >= 11 is -0.498. The number of benzene rings is 7. The molecule has 5 nitrogen and oxygen atoms in total. The van der Waals surface area contributed by atoms with Crippen LogP contribution in [0.4, 0.5) is 0 Å². The summed E-state index contributed by atoms with van der Waals surface area (Å²) in [6.45, 7) is 6.76. The Labute approximate surface area is 341 Å². The normalized spacial score (nSPS) is 12.2. The van der Waals surface area contributed by atoms with Crippen molar-refractivity contribution < 1.29 is 21.2 Å². The summed E-state index contributed by atoms with van der Waals surface area (Å²) in [4.78, 5) is 24.2. The fourth-order valence-electron chi connectivity index (χ4n) is 7.51. The van der Waals surface area contributed by atoms with Gasteiger partial charge in [-0.25, -0.2) is 0 Å². The molecule has 57 heavy (non-hydrogen) atoms. The van der Waals surface area contributed by atoms with Gasteiger partial charge >= 0.3 is 326 Å². The minimum atomic E-state index is -0.498. The van der Waals surface area contributed by atoms with E-state index in [9.17, 15) is 0 Å². The second kappa shape index (κ2) is 14.7. The van der Waals surface area contributed by atoms with Crippen LogP contribution in [0.3, 0.4) is 0 Å². The summed E-state index contributed by atoms with van der Waals surface area (Å²) in [7, 11) is 0. The molecule has 272 valence electrons. The first-order valence-corrected chi connectivity index (χ1v) is 21.0. The van der Waals surface area contributed by atoms with E-state index in [0.717, 1.165) is 61.6 Å². The molecule has 0 fully saturated rings. The monoisotopic (exact) mass is 844 g/mol. The number of aryl methyl sites for hydroxylation is 1. The van der Waals surface area contributed by atoms with Gasteiger partial charge in [0.15, 0.2) is 0 Å². The van der Waals surface area contributed by atoms with Gasteiger partial charge < -0.3 is 0 Å². The second-order valence-corrected chi connectivity index (χ2v) is 16.8. The molecule has 0 saturated carbocycles. The molecule has 1 N–H and O–H groups in total. The molecule has 0 bridgehead atoms. The fraction of sp³-hybridized carbons (Fsp3) is 0.0196. The number of fused-ring (bicyclic) bond motifs is 4. The Balaban J connectivity index is 1.05. The van der Waals surface area contributed by atoms with E-state index < -0.39 is 21.2 Å². The van der Waals surface area contributed by atoms with Crippen molar-refractivity contribution >= 4 is 22.3 Å². The maximum atomic E-state index is 5.33. The molecule has 6 heteroatoms. The van der Waals surface area contributed by atoms with E-state index in [4.69, 9.17) is 19.9 Å². The van der Waals surface area contributed by atoms with Gasteiger partial charge in [0.1, 0.15) is 0 Å². The zero-order valence-electron chi connectivity index (χ0n) is 31.1. The van der Waals surface area contributed by atoms with Crippen molar-refractivity contribution in [3.8, 4) is 56.4 Å². The number of aromatic nitrogens is 4. The fourth-order valence-corrected chi connectivity index (χ4v) is 10.7. The zero-order valence-corrected chi connectivity index (χ0v) is 33.3. The molecule has 0 unspecified atom stereocenters. The van der Waals surface area contributed by atoms with Crippen LogP contribution >= 0.6 is 0 Å². The molecule has 3 heterocycles. The van der Waals surface area contributed by atoms with Crippen molar-refractivity contribution in [3.63, 3.8) is 0 Å². The number of para-hydroxylation sites is 1. The third-order valence-corrected chi connectivity index (χ3v) is 13.6. The first-order valence-electron chi connectivity index (χ1n) is 18.9. The number of aliphatic imine (C=N–C) groups is 1. The van der Waals surface area contributed by atoms with Crippen molar-refractivity contribution in [3.05, 3.63) is 212 Å². The number of hydrogen-bond donors (Lipinski definition) is 1. The van der Waals surface area contributed by atoms with E-state index in [0.29, 0.717) is 17.5 Å². The number of rotatable bonds is 8. The zero-order chi connectivity index (χ0) is 38.3. The van der Waals surface area contributed by atoms with Crippen LogP contribution in [-0.2, 0) is 0 Å². The van der Waals surface area contributed by atoms with Gasteiger partial charge in [0.25, 0.3) is 0 Å². The molecule has 9 aromatic rings. The summed E-state index contributed by atoms with van der Waals surface area (Å²) in [5, 5.41) is 1.20. The van der Waals surface area contributed by atoms with Gasteiger partial charge in [-0.3, -0.25) is 0 Å². The third-order valence-electron chi connectivity index (χ3n) is 10.4. The van der Waals surface area contributed by atoms with E-state index in [1.165, 1.54) is 29.2 Å². The Morgan fingerprint density at radius 1 is 0.544 bits per heavy atom. The molecule has 10 rings (SSSR count). The Kier molecular flexibility index (Phi) is 8.96. The maximum absolute atomic E-state index is 5.33. The molecular formula is C51H35IN5-. The first-order chi connectivity index (χ1) is 28.1. The van der Waals surface area contributed by atoms with Gasteiger partial charge in [-0.05, 0) is 0 Å². The van der Waals surface area contributed by atoms with Gasteiger partial charge in [-0.15, -0.1) is 0 Å². The van der Waals surface area contributed by atoms with E-state index in [1.807, 2.05) is 42.5 Å². The molecular weight excluding hydrogens is 809 g/mol. The average molecular weight is 845 g/mol. The van der Waals surface area contributed by atoms with Crippen LogP contribution in [0, 0.1) is 14.1 Å². The van der Waals surface area contributed by atoms with Gasteiger partial charge in [0.05, 0.1) is 0 Å². The summed E-state index contributed by atoms with van der Waals surface area (Å²) in [6, 6.07) is 61.0. The topological polar surface area (TPSA) is 66.8 Å². The number of aromatic amines is 1. The van der Waals surface area contributed by atoms with Crippen LogP contribution in [0.1, 0.15) is 22.4 Å². The van der Waals surface area contributed by atoms with E-state index >= 15 is 0 Å². The molecule has 0 spiro atoms. The van der Waals surface area contributed by atoms with E-state index in [1.54, 1.807) is 0 Å². The summed E-state index contributed by atoms with van der Waals surface area (Å²) in [5.74, 6) is 1.93. The van der Waals surface area contributed by atoms with Crippen molar-refractivity contribution in [1.29, 1.82) is 0 Å². The summed E-state index contributed by atoms with van der Waals surface area (Å²) in [6.07, 6.45) is 0. The van der Waals surface area contributed by atoms with E-state index in [2.05, 4.69) is 152 Å². The second-order valence-electron chi connectivity index (χ2n) is 14.0. The van der Waals surface area contributed by atoms with Gasteiger partial charge in [0.2, 0.25) is 0 Å². The first kappa shape index (κ1) is 34.7. The third kappa shape index (κ3) is 6.58. The predicted octanol–water partition coefficient (Wildman–Crippen LogP) is 8.95. The molecule has 0 amide bonds. The Morgan fingerprint density at radius 3 is 1.88 bits per heavy atom. The van der Waals surface area contributed by atoms with Crippen LogP contribution in [0.2, 0.25) is 0 Å². The van der Waals surface area contributed by atoms with Crippen LogP contribution in [-0.4, -0.2) is 25.6 Å². The van der Waals surface area contributed by atoms with Crippen LogP contribution in [0.25, 0.3) is 73.0 Å². The molecule has 0 atom stereocenters. The predicted molar refractivity (Wildman–Crippen MR) is 229 cm³/mol.